The van der Waals surface area contributed by atoms with Crippen LogP contribution in [0.3, 0.4) is 0 Å². The molecule has 1 atom stereocenters. The highest BCUT2D eigenvalue weighted by atomic mass is 79.9. The number of hydrogen-bond acceptors (Lipinski definition) is 4. The Morgan fingerprint density at radius 1 is 1.14 bits per heavy atom. The third-order valence-electron chi connectivity index (χ3n) is 5.97. The summed E-state index contributed by atoms with van der Waals surface area (Å²) in [4.78, 5) is 28.0. The maximum atomic E-state index is 13.6. The highest BCUT2D eigenvalue weighted by Gasteiger charge is 2.32. The number of anilines is 1. The first-order chi connectivity index (χ1) is 16.5. The summed E-state index contributed by atoms with van der Waals surface area (Å²) in [6, 6.07) is 11.0. The molecule has 35 heavy (non-hydrogen) atoms. The van der Waals surface area contributed by atoms with Gasteiger partial charge in [0.2, 0.25) is 21.8 Å². The van der Waals surface area contributed by atoms with Crippen LogP contribution in [0, 0.1) is 0 Å². The number of halogens is 3. The smallest absolute Gasteiger partial charge is 0.244 e. The molecule has 11 heteroatoms. The van der Waals surface area contributed by atoms with Gasteiger partial charge in [0.25, 0.3) is 0 Å². The maximum Gasteiger partial charge on any atom is 0.244 e. The van der Waals surface area contributed by atoms with Gasteiger partial charge in [0.15, 0.2) is 0 Å². The lowest BCUT2D eigenvalue weighted by molar-refractivity contribution is -0.139. The number of rotatable bonds is 9. The molecule has 1 aliphatic rings. The summed E-state index contributed by atoms with van der Waals surface area (Å²) in [5.74, 6) is -0.800. The summed E-state index contributed by atoms with van der Waals surface area (Å²) in [6.45, 7) is 1.26. The Kier molecular flexibility index (Phi) is 9.48. The van der Waals surface area contributed by atoms with E-state index in [0.717, 1.165) is 46.3 Å². The molecular weight excluding hydrogens is 577 g/mol. The third-order valence-corrected chi connectivity index (χ3v) is 8.13. The van der Waals surface area contributed by atoms with Crippen molar-refractivity contribution >= 4 is 66.7 Å². The summed E-state index contributed by atoms with van der Waals surface area (Å²) in [6.07, 6.45) is 4.94. The van der Waals surface area contributed by atoms with Gasteiger partial charge in [-0.15, -0.1) is 0 Å². The SMILES string of the molecule is C[C@@H](C(=O)NC1CCCC1)N(Cc1cccc(Br)c1)C(=O)CN(c1ccc(Cl)cc1Cl)S(C)(=O)=O. The molecule has 0 aromatic heterocycles. The highest BCUT2D eigenvalue weighted by Crippen LogP contribution is 2.30. The number of nitrogens with one attached hydrogen (secondary N) is 1. The monoisotopic (exact) mass is 603 g/mol. The van der Waals surface area contributed by atoms with Gasteiger partial charge in [0.05, 0.1) is 17.0 Å². The van der Waals surface area contributed by atoms with Crippen LogP contribution in [0.25, 0.3) is 0 Å². The molecule has 0 aliphatic heterocycles. The Hall–Kier alpha value is -1.81. The largest absolute Gasteiger partial charge is 0.352 e. The van der Waals surface area contributed by atoms with Crippen molar-refractivity contribution in [1.29, 1.82) is 0 Å². The van der Waals surface area contributed by atoms with Gasteiger partial charge in [-0.1, -0.05) is 64.1 Å². The number of benzene rings is 2. The van der Waals surface area contributed by atoms with Crippen molar-refractivity contribution in [1.82, 2.24) is 10.2 Å². The fourth-order valence-electron chi connectivity index (χ4n) is 4.08. The fourth-order valence-corrected chi connectivity index (χ4v) is 5.95. The molecule has 0 radical (unpaired) electrons. The molecule has 1 N–H and O–H groups in total. The van der Waals surface area contributed by atoms with E-state index in [1.807, 2.05) is 24.3 Å². The average molecular weight is 605 g/mol. The molecule has 2 aromatic rings. The molecule has 3 rings (SSSR count). The van der Waals surface area contributed by atoms with Gasteiger partial charge in [-0.3, -0.25) is 13.9 Å². The van der Waals surface area contributed by atoms with Crippen LogP contribution in [-0.2, 0) is 26.2 Å². The van der Waals surface area contributed by atoms with Crippen LogP contribution in [0.2, 0.25) is 10.0 Å². The zero-order valence-electron chi connectivity index (χ0n) is 19.5. The van der Waals surface area contributed by atoms with Crippen LogP contribution in [0.1, 0.15) is 38.2 Å². The Balaban J connectivity index is 1.90. The van der Waals surface area contributed by atoms with Crippen LogP contribution in [0.5, 0.6) is 0 Å². The van der Waals surface area contributed by atoms with Crippen LogP contribution in [0.4, 0.5) is 5.69 Å². The van der Waals surface area contributed by atoms with Crippen molar-refractivity contribution in [3.05, 3.63) is 62.5 Å². The molecule has 2 aromatic carbocycles. The van der Waals surface area contributed by atoms with E-state index in [1.54, 1.807) is 6.92 Å². The molecular formula is C24H28BrCl2N3O4S. The van der Waals surface area contributed by atoms with Crippen LogP contribution in [-0.4, -0.2) is 50.0 Å². The molecule has 0 bridgehead atoms. The first-order valence-electron chi connectivity index (χ1n) is 11.2. The minimum absolute atomic E-state index is 0.0909. The molecule has 0 unspecified atom stereocenters. The lowest BCUT2D eigenvalue weighted by atomic mass is 10.1. The molecule has 0 saturated heterocycles. The Bertz CT molecular complexity index is 1190. The minimum atomic E-state index is -3.88. The lowest BCUT2D eigenvalue weighted by Gasteiger charge is -2.32. The van der Waals surface area contributed by atoms with E-state index in [-0.39, 0.29) is 29.2 Å². The summed E-state index contributed by atoms with van der Waals surface area (Å²) < 4.78 is 27.0. The first kappa shape index (κ1) is 27.8. The quantitative estimate of drug-likeness (QED) is 0.436. The summed E-state index contributed by atoms with van der Waals surface area (Å²) in [5.41, 5.74) is 0.932. The van der Waals surface area contributed by atoms with Crippen LogP contribution >= 0.6 is 39.1 Å². The number of sulfonamides is 1. The standard InChI is InChI=1S/C24H28BrCl2N3O4S/c1-16(24(32)28-20-8-3-4-9-20)29(14-17-6-5-7-18(25)12-17)23(31)15-30(35(2,33)34)22-11-10-19(26)13-21(22)27/h5-7,10-13,16,20H,3-4,8-9,14-15H2,1-2H3,(H,28,32)/t16-/m0/s1. The predicted molar refractivity (Wildman–Crippen MR) is 143 cm³/mol. The second-order valence-electron chi connectivity index (χ2n) is 8.68. The third kappa shape index (κ3) is 7.59. The molecule has 0 heterocycles. The van der Waals surface area contributed by atoms with Crippen molar-refractivity contribution in [2.45, 2.75) is 51.2 Å². The second kappa shape index (κ2) is 12.0. The molecule has 1 aliphatic carbocycles. The van der Waals surface area contributed by atoms with E-state index in [1.165, 1.54) is 23.1 Å². The Morgan fingerprint density at radius 2 is 1.83 bits per heavy atom. The van der Waals surface area contributed by atoms with Crippen molar-refractivity contribution in [3.8, 4) is 0 Å². The topological polar surface area (TPSA) is 86.8 Å². The van der Waals surface area contributed by atoms with E-state index < -0.39 is 28.5 Å². The van der Waals surface area contributed by atoms with E-state index in [0.29, 0.717) is 5.02 Å². The Labute approximate surface area is 224 Å². The number of carbonyl (C=O) groups excluding carboxylic acids is 2. The zero-order valence-corrected chi connectivity index (χ0v) is 23.4. The second-order valence-corrected chi connectivity index (χ2v) is 12.3. The van der Waals surface area contributed by atoms with E-state index in [4.69, 9.17) is 23.2 Å². The summed E-state index contributed by atoms with van der Waals surface area (Å²) in [7, 11) is -3.88. The van der Waals surface area contributed by atoms with Crippen LogP contribution in [0.15, 0.2) is 46.9 Å². The van der Waals surface area contributed by atoms with Gasteiger partial charge in [-0.25, -0.2) is 8.42 Å². The normalized spacial score (nSPS) is 15.0. The van der Waals surface area contributed by atoms with Crippen molar-refractivity contribution in [2.75, 3.05) is 17.1 Å². The Morgan fingerprint density at radius 3 is 2.43 bits per heavy atom. The zero-order chi connectivity index (χ0) is 25.8. The van der Waals surface area contributed by atoms with Gasteiger partial charge in [0, 0.05) is 22.1 Å². The van der Waals surface area contributed by atoms with Gasteiger partial charge >= 0.3 is 0 Å². The molecule has 0 spiro atoms. The first-order valence-corrected chi connectivity index (χ1v) is 14.6. The highest BCUT2D eigenvalue weighted by molar-refractivity contribution is 9.10. The molecule has 7 nitrogen and oxygen atoms in total. The number of nitrogens with zero attached hydrogens (tertiary/aromatic N) is 2. The van der Waals surface area contributed by atoms with Gasteiger partial charge in [-0.05, 0) is 55.7 Å². The van der Waals surface area contributed by atoms with Gasteiger partial charge in [-0.2, -0.15) is 0 Å². The molecule has 1 fully saturated rings. The number of carbonyl (C=O) groups is 2. The van der Waals surface area contributed by atoms with E-state index >= 15 is 0 Å². The van der Waals surface area contributed by atoms with Gasteiger partial charge in [0.1, 0.15) is 12.6 Å². The molecule has 2 amide bonds. The van der Waals surface area contributed by atoms with E-state index in [2.05, 4.69) is 21.2 Å². The molecule has 1 saturated carbocycles. The summed E-state index contributed by atoms with van der Waals surface area (Å²) in [5, 5.41) is 3.47. The number of hydrogen-bond donors (Lipinski definition) is 1. The minimum Gasteiger partial charge on any atom is -0.352 e. The maximum absolute atomic E-state index is 13.6. The van der Waals surface area contributed by atoms with Crippen molar-refractivity contribution in [2.24, 2.45) is 0 Å². The van der Waals surface area contributed by atoms with Crippen molar-refractivity contribution in [3.63, 3.8) is 0 Å². The van der Waals surface area contributed by atoms with Gasteiger partial charge < -0.3 is 10.2 Å². The average Bonchev–Trinajstić information content (AvgIpc) is 3.28. The van der Waals surface area contributed by atoms with Crippen LogP contribution < -0.4 is 9.62 Å². The van der Waals surface area contributed by atoms with Crippen molar-refractivity contribution < 1.29 is 18.0 Å². The van der Waals surface area contributed by atoms with E-state index in [9.17, 15) is 18.0 Å². The fraction of sp³-hybridized carbons (Fsp3) is 0.417. The molecule has 190 valence electrons. The lowest BCUT2D eigenvalue weighted by Crippen LogP contribution is -2.52. The predicted octanol–water partition coefficient (Wildman–Crippen LogP) is 5.00. The summed E-state index contributed by atoms with van der Waals surface area (Å²) >= 11 is 15.7. The number of amides is 2.